The van der Waals surface area contributed by atoms with Crippen molar-refractivity contribution in [2.24, 2.45) is 4.99 Å². The molecule has 74 valence electrons. The number of aliphatic imine (C=N–C) groups is 1. The molecule has 0 radical (unpaired) electrons. The van der Waals surface area contributed by atoms with E-state index in [-0.39, 0.29) is 12.6 Å². The number of allylic oxidation sites excluding steroid dienone is 1. The molecule has 3 heterocycles. The molecular weight excluding hydrogens is 178 g/mol. The highest BCUT2D eigenvalue weighted by Crippen LogP contribution is 2.31. The number of aliphatic hydroxyl groups is 1. The van der Waals surface area contributed by atoms with Gasteiger partial charge < -0.3 is 14.9 Å². The number of aliphatic hydroxyl groups excluding tert-OH is 1. The second-order valence-corrected chi connectivity index (χ2v) is 3.82. The molecular formula is C10H13N3O. The van der Waals surface area contributed by atoms with E-state index in [4.69, 9.17) is 0 Å². The van der Waals surface area contributed by atoms with Crippen molar-refractivity contribution in [3.63, 3.8) is 0 Å². The van der Waals surface area contributed by atoms with Crippen molar-refractivity contribution in [1.82, 2.24) is 9.80 Å². The molecule has 0 aliphatic carbocycles. The molecule has 3 aliphatic rings. The lowest BCUT2D eigenvalue weighted by Crippen LogP contribution is -2.34. The van der Waals surface area contributed by atoms with E-state index >= 15 is 0 Å². The molecule has 14 heavy (non-hydrogen) atoms. The summed E-state index contributed by atoms with van der Waals surface area (Å²) >= 11 is 0. The standard InChI is InChI=1S/C10H13N3O/c14-7-8-6-12-5-3-11-9-2-1-4-13(8)10(9)12/h1-3,8,14H,4-7H2/t8-/m0/s1. The Morgan fingerprint density at radius 2 is 2.43 bits per heavy atom. The van der Waals surface area contributed by atoms with Gasteiger partial charge in [0, 0.05) is 19.3 Å². The van der Waals surface area contributed by atoms with Gasteiger partial charge in [0.05, 0.1) is 19.2 Å². The first-order valence-electron chi connectivity index (χ1n) is 4.96. The molecule has 0 amide bonds. The zero-order valence-electron chi connectivity index (χ0n) is 7.93. The molecule has 0 spiro atoms. The summed E-state index contributed by atoms with van der Waals surface area (Å²) in [5, 5.41) is 9.27. The third-order valence-corrected chi connectivity index (χ3v) is 2.99. The van der Waals surface area contributed by atoms with Crippen LogP contribution in [0.5, 0.6) is 0 Å². The second-order valence-electron chi connectivity index (χ2n) is 3.82. The predicted molar refractivity (Wildman–Crippen MR) is 53.8 cm³/mol. The van der Waals surface area contributed by atoms with Crippen LogP contribution >= 0.6 is 0 Å². The molecule has 0 saturated carbocycles. The third-order valence-electron chi connectivity index (χ3n) is 2.99. The zero-order chi connectivity index (χ0) is 9.54. The average molecular weight is 191 g/mol. The van der Waals surface area contributed by atoms with E-state index in [1.54, 1.807) is 0 Å². The first-order chi connectivity index (χ1) is 6.90. The zero-order valence-corrected chi connectivity index (χ0v) is 7.93. The molecule has 1 N–H and O–H groups in total. The van der Waals surface area contributed by atoms with Gasteiger partial charge >= 0.3 is 0 Å². The maximum atomic E-state index is 9.27. The molecule has 1 atom stereocenters. The molecule has 0 unspecified atom stereocenters. The number of hydrogen-bond donors (Lipinski definition) is 1. The van der Waals surface area contributed by atoms with Gasteiger partial charge in [-0.05, 0) is 6.08 Å². The molecule has 4 nitrogen and oxygen atoms in total. The average Bonchev–Trinajstić information content (AvgIpc) is 2.60. The Morgan fingerprint density at radius 1 is 1.50 bits per heavy atom. The minimum Gasteiger partial charge on any atom is -0.394 e. The molecule has 3 aliphatic heterocycles. The Morgan fingerprint density at radius 3 is 3.29 bits per heavy atom. The van der Waals surface area contributed by atoms with E-state index in [0.717, 1.165) is 25.3 Å². The van der Waals surface area contributed by atoms with Crippen LogP contribution in [0.15, 0.2) is 28.7 Å². The van der Waals surface area contributed by atoms with E-state index in [9.17, 15) is 5.11 Å². The fourth-order valence-corrected chi connectivity index (χ4v) is 2.35. The fourth-order valence-electron chi connectivity index (χ4n) is 2.35. The van der Waals surface area contributed by atoms with Crippen LogP contribution in [0.25, 0.3) is 0 Å². The highest BCUT2D eigenvalue weighted by atomic mass is 16.3. The van der Waals surface area contributed by atoms with Gasteiger partial charge in [-0.25, -0.2) is 0 Å². The van der Waals surface area contributed by atoms with Crippen molar-refractivity contribution in [2.75, 3.05) is 26.2 Å². The SMILES string of the molecule is OC[C@@H]1CN2CC=NC3=C2N1CC=C3. The van der Waals surface area contributed by atoms with Crippen LogP contribution in [0.3, 0.4) is 0 Å². The van der Waals surface area contributed by atoms with E-state index in [2.05, 4.69) is 26.9 Å². The van der Waals surface area contributed by atoms with Gasteiger partial charge in [-0.2, -0.15) is 0 Å². The smallest absolute Gasteiger partial charge is 0.131 e. The Labute approximate surface area is 82.8 Å². The molecule has 0 aromatic rings. The van der Waals surface area contributed by atoms with Crippen molar-refractivity contribution in [3.05, 3.63) is 23.7 Å². The van der Waals surface area contributed by atoms with Crippen molar-refractivity contribution in [3.8, 4) is 0 Å². The van der Waals surface area contributed by atoms with Gasteiger partial charge in [-0.15, -0.1) is 0 Å². The molecule has 0 aromatic heterocycles. The highest BCUT2D eigenvalue weighted by molar-refractivity contribution is 5.65. The van der Waals surface area contributed by atoms with Crippen LogP contribution in [0.2, 0.25) is 0 Å². The summed E-state index contributed by atoms with van der Waals surface area (Å²) in [5.74, 6) is 1.20. The Hall–Kier alpha value is -1.29. The van der Waals surface area contributed by atoms with Gasteiger partial charge in [-0.3, -0.25) is 4.99 Å². The first kappa shape index (κ1) is 8.05. The minimum absolute atomic E-state index is 0.223. The van der Waals surface area contributed by atoms with Crippen LogP contribution in [-0.2, 0) is 0 Å². The molecule has 1 saturated heterocycles. The highest BCUT2D eigenvalue weighted by Gasteiger charge is 2.36. The molecule has 4 heteroatoms. The summed E-state index contributed by atoms with van der Waals surface area (Å²) in [6.45, 7) is 2.92. The maximum Gasteiger partial charge on any atom is 0.131 e. The van der Waals surface area contributed by atoms with E-state index < -0.39 is 0 Å². The van der Waals surface area contributed by atoms with Crippen LogP contribution in [0.4, 0.5) is 0 Å². The lowest BCUT2D eigenvalue weighted by molar-refractivity contribution is 0.190. The van der Waals surface area contributed by atoms with Crippen LogP contribution in [-0.4, -0.2) is 53.4 Å². The summed E-state index contributed by atoms with van der Waals surface area (Å²) in [6.07, 6.45) is 6.11. The van der Waals surface area contributed by atoms with E-state index in [0.29, 0.717) is 0 Å². The summed E-state index contributed by atoms with van der Waals surface area (Å²) in [5.41, 5.74) is 1.04. The number of hydrogen-bond acceptors (Lipinski definition) is 4. The van der Waals surface area contributed by atoms with Crippen LogP contribution in [0, 0.1) is 0 Å². The lowest BCUT2D eigenvalue weighted by atomic mass is 10.2. The van der Waals surface area contributed by atoms with E-state index in [1.165, 1.54) is 5.82 Å². The molecule has 0 aromatic carbocycles. The summed E-state index contributed by atoms with van der Waals surface area (Å²) in [7, 11) is 0. The van der Waals surface area contributed by atoms with Crippen LogP contribution in [0.1, 0.15) is 0 Å². The van der Waals surface area contributed by atoms with Crippen molar-refractivity contribution in [2.45, 2.75) is 6.04 Å². The predicted octanol–water partition coefficient (Wildman–Crippen LogP) is -0.212. The largest absolute Gasteiger partial charge is 0.394 e. The first-order valence-corrected chi connectivity index (χ1v) is 4.96. The number of rotatable bonds is 1. The minimum atomic E-state index is 0.223. The van der Waals surface area contributed by atoms with Gasteiger partial charge in [0.15, 0.2) is 0 Å². The molecule has 1 fully saturated rings. The Balaban J connectivity index is 2.03. The monoisotopic (exact) mass is 191 g/mol. The quantitative estimate of drug-likeness (QED) is 0.623. The molecule has 3 rings (SSSR count). The van der Waals surface area contributed by atoms with Crippen molar-refractivity contribution in [1.29, 1.82) is 0 Å². The third kappa shape index (κ3) is 0.944. The van der Waals surface area contributed by atoms with Gasteiger partial charge in [0.2, 0.25) is 0 Å². The van der Waals surface area contributed by atoms with Crippen LogP contribution < -0.4 is 0 Å². The van der Waals surface area contributed by atoms with Gasteiger partial charge in [-0.1, -0.05) is 6.08 Å². The summed E-state index contributed by atoms with van der Waals surface area (Å²) < 4.78 is 0. The fraction of sp³-hybridized carbons (Fsp3) is 0.500. The summed E-state index contributed by atoms with van der Waals surface area (Å²) in [4.78, 5) is 8.89. The normalized spacial score (nSPS) is 28.8. The van der Waals surface area contributed by atoms with Gasteiger partial charge in [0.25, 0.3) is 0 Å². The Bertz CT molecular complexity index is 341. The Kier molecular flexibility index (Phi) is 1.64. The topological polar surface area (TPSA) is 39.1 Å². The summed E-state index contributed by atoms with van der Waals surface area (Å²) in [6, 6.07) is 0.242. The molecule has 0 bridgehead atoms. The second kappa shape index (κ2) is 2.85. The maximum absolute atomic E-state index is 9.27. The number of nitrogens with zero attached hydrogens (tertiary/aromatic N) is 3. The van der Waals surface area contributed by atoms with Crippen molar-refractivity contribution < 1.29 is 5.11 Å². The van der Waals surface area contributed by atoms with E-state index in [1.807, 2.05) is 6.21 Å². The van der Waals surface area contributed by atoms with Crippen molar-refractivity contribution >= 4 is 6.21 Å². The lowest BCUT2D eigenvalue weighted by Gasteiger charge is -2.30. The van der Waals surface area contributed by atoms with Gasteiger partial charge in [0.1, 0.15) is 11.5 Å².